The second kappa shape index (κ2) is 6.90. The zero-order chi connectivity index (χ0) is 9.36. The van der Waals surface area contributed by atoms with Crippen LogP contribution in [0.5, 0.6) is 0 Å². The molecule has 13 heavy (non-hydrogen) atoms. The van der Waals surface area contributed by atoms with E-state index in [1.807, 2.05) is 7.05 Å². The van der Waals surface area contributed by atoms with E-state index in [0.717, 1.165) is 13.0 Å². The van der Waals surface area contributed by atoms with Crippen LogP contribution in [0.3, 0.4) is 0 Å². The summed E-state index contributed by atoms with van der Waals surface area (Å²) in [4.78, 5) is 0. The van der Waals surface area contributed by atoms with E-state index in [-0.39, 0.29) is 0 Å². The molecule has 0 radical (unpaired) electrons. The molecule has 0 saturated carbocycles. The lowest BCUT2D eigenvalue weighted by molar-refractivity contribution is 0.713. The lowest BCUT2D eigenvalue weighted by atomic mass is 10.1. The van der Waals surface area contributed by atoms with E-state index in [9.17, 15) is 0 Å². The lowest BCUT2D eigenvalue weighted by Crippen LogP contribution is -2.05. The molecule has 0 atom stereocenters. The monoisotopic (exact) mass is 179 g/mol. The molecule has 74 valence electrons. The first-order valence-corrected chi connectivity index (χ1v) is 5.43. The van der Waals surface area contributed by atoms with Crippen LogP contribution >= 0.6 is 0 Å². The Hall–Kier alpha value is -0.560. The van der Waals surface area contributed by atoms with Gasteiger partial charge in [0.15, 0.2) is 0 Å². The normalized spacial score (nSPS) is 18.7. The van der Waals surface area contributed by atoms with Crippen molar-refractivity contribution in [1.29, 1.82) is 0 Å². The Balaban J connectivity index is 2.24. The van der Waals surface area contributed by atoms with E-state index in [0.29, 0.717) is 0 Å². The van der Waals surface area contributed by atoms with Crippen LogP contribution in [0.25, 0.3) is 0 Å². The molecule has 1 nitrogen and oxygen atoms in total. The summed E-state index contributed by atoms with van der Waals surface area (Å²) in [6, 6.07) is 0. The second-order valence-corrected chi connectivity index (χ2v) is 3.67. The van der Waals surface area contributed by atoms with Crippen LogP contribution in [-0.2, 0) is 0 Å². The maximum Gasteiger partial charge on any atom is -0.00172 e. The van der Waals surface area contributed by atoms with Gasteiger partial charge in [-0.3, -0.25) is 0 Å². The fourth-order valence-corrected chi connectivity index (χ4v) is 1.65. The average molecular weight is 179 g/mol. The SMILES string of the molecule is CNCC/C=C/C1=CCCCCC1. The van der Waals surface area contributed by atoms with Crippen LogP contribution in [0, 0.1) is 0 Å². The maximum absolute atomic E-state index is 3.15. The highest BCUT2D eigenvalue weighted by molar-refractivity contribution is 5.19. The molecule has 0 unspecified atom stereocenters. The molecular weight excluding hydrogens is 158 g/mol. The van der Waals surface area contributed by atoms with Gasteiger partial charge in [-0.25, -0.2) is 0 Å². The number of hydrogen-bond donors (Lipinski definition) is 1. The number of nitrogens with one attached hydrogen (secondary N) is 1. The summed E-state index contributed by atoms with van der Waals surface area (Å²) in [5.41, 5.74) is 1.55. The van der Waals surface area contributed by atoms with E-state index < -0.39 is 0 Å². The van der Waals surface area contributed by atoms with Crippen LogP contribution in [0.1, 0.15) is 38.5 Å². The molecule has 1 rings (SSSR count). The molecule has 1 aliphatic carbocycles. The van der Waals surface area contributed by atoms with Crippen molar-refractivity contribution in [2.24, 2.45) is 0 Å². The number of allylic oxidation sites excluding steroid dienone is 3. The minimum atomic E-state index is 1.09. The summed E-state index contributed by atoms with van der Waals surface area (Å²) in [6.07, 6.45) is 14.9. The largest absolute Gasteiger partial charge is 0.319 e. The summed E-state index contributed by atoms with van der Waals surface area (Å²) in [7, 11) is 2.00. The summed E-state index contributed by atoms with van der Waals surface area (Å²) >= 11 is 0. The van der Waals surface area contributed by atoms with Gasteiger partial charge in [0.1, 0.15) is 0 Å². The molecule has 0 bridgehead atoms. The van der Waals surface area contributed by atoms with E-state index in [4.69, 9.17) is 0 Å². The van der Waals surface area contributed by atoms with E-state index in [1.165, 1.54) is 32.1 Å². The molecule has 0 spiro atoms. The molecule has 0 saturated heterocycles. The molecule has 0 aromatic carbocycles. The Morgan fingerprint density at radius 2 is 2.31 bits per heavy atom. The topological polar surface area (TPSA) is 12.0 Å². The molecule has 0 heterocycles. The van der Waals surface area contributed by atoms with Crippen LogP contribution in [0.2, 0.25) is 0 Å². The first kappa shape index (κ1) is 10.5. The van der Waals surface area contributed by atoms with Gasteiger partial charge in [0.05, 0.1) is 0 Å². The van der Waals surface area contributed by atoms with E-state index in [1.54, 1.807) is 5.57 Å². The number of hydrogen-bond acceptors (Lipinski definition) is 1. The van der Waals surface area contributed by atoms with Gasteiger partial charge in [-0.2, -0.15) is 0 Å². The fourth-order valence-electron chi connectivity index (χ4n) is 1.65. The third-order valence-corrected chi connectivity index (χ3v) is 2.47. The van der Waals surface area contributed by atoms with Crippen molar-refractivity contribution < 1.29 is 0 Å². The summed E-state index contributed by atoms with van der Waals surface area (Å²) < 4.78 is 0. The Labute approximate surface area is 81.9 Å². The predicted octanol–water partition coefficient (Wildman–Crippen LogP) is 3.04. The average Bonchev–Trinajstić information content (AvgIpc) is 2.41. The van der Waals surface area contributed by atoms with E-state index in [2.05, 4.69) is 23.5 Å². The Morgan fingerprint density at radius 3 is 3.15 bits per heavy atom. The molecular formula is C12H21N. The predicted molar refractivity (Wildman–Crippen MR) is 58.9 cm³/mol. The molecule has 1 N–H and O–H groups in total. The second-order valence-electron chi connectivity index (χ2n) is 3.67. The Bertz CT molecular complexity index is 180. The first-order valence-electron chi connectivity index (χ1n) is 5.43. The molecule has 0 aromatic heterocycles. The van der Waals surface area contributed by atoms with Crippen molar-refractivity contribution in [2.75, 3.05) is 13.6 Å². The molecule has 0 fully saturated rings. The molecule has 1 aliphatic rings. The standard InChI is InChI=1S/C12H21N/c1-13-11-7-6-10-12-8-4-2-3-5-9-12/h6,8,10,13H,2-5,7,9,11H2,1H3/b10-6+. The fraction of sp³-hybridized carbons (Fsp3) is 0.667. The van der Waals surface area contributed by atoms with Gasteiger partial charge in [-0.1, -0.05) is 30.2 Å². The molecule has 0 aromatic rings. The van der Waals surface area contributed by atoms with Crippen molar-refractivity contribution in [1.82, 2.24) is 5.32 Å². The van der Waals surface area contributed by atoms with Crippen molar-refractivity contribution in [2.45, 2.75) is 38.5 Å². The van der Waals surface area contributed by atoms with Gasteiger partial charge in [-0.05, 0) is 45.7 Å². The highest BCUT2D eigenvalue weighted by Crippen LogP contribution is 2.17. The minimum absolute atomic E-state index is 1.09. The van der Waals surface area contributed by atoms with Gasteiger partial charge < -0.3 is 5.32 Å². The van der Waals surface area contributed by atoms with Gasteiger partial charge in [0.25, 0.3) is 0 Å². The summed E-state index contributed by atoms with van der Waals surface area (Å²) in [6.45, 7) is 1.09. The highest BCUT2D eigenvalue weighted by Gasteiger charge is 1.98. The van der Waals surface area contributed by atoms with Gasteiger partial charge in [0.2, 0.25) is 0 Å². The maximum atomic E-state index is 3.15. The quantitative estimate of drug-likeness (QED) is 0.654. The van der Waals surface area contributed by atoms with Crippen molar-refractivity contribution >= 4 is 0 Å². The molecule has 1 heteroatoms. The Kier molecular flexibility index (Phi) is 5.59. The Morgan fingerprint density at radius 1 is 1.38 bits per heavy atom. The van der Waals surface area contributed by atoms with Gasteiger partial charge >= 0.3 is 0 Å². The van der Waals surface area contributed by atoms with Crippen molar-refractivity contribution in [3.63, 3.8) is 0 Å². The molecule has 0 aliphatic heterocycles. The minimum Gasteiger partial charge on any atom is -0.319 e. The number of rotatable bonds is 4. The lowest BCUT2D eigenvalue weighted by Gasteiger charge is -1.97. The smallest absolute Gasteiger partial charge is 0.00172 e. The zero-order valence-corrected chi connectivity index (χ0v) is 8.68. The van der Waals surface area contributed by atoms with Gasteiger partial charge in [0, 0.05) is 0 Å². The van der Waals surface area contributed by atoms with Gasteiger partial charge in [-0.15, -0.1) is 0 Å². The van der Waals surface area contributed by atoms with Crippen LogP contribution in [0.15, 0.2) is 23.8 Å². The third kappa shape index (κ3) is 4.89. The van der Waals surface area contributed by atoms with E-state index >= 15 is 0 Å². The van der Waals surface area contributed by atoms with Crippen molar-refractivity contribution in [3.05, 3.63) is 23.8 Å². The zero-order valence-electron chi connectivity index (χ0n) is 8.68. The van der Waals surface area contributed by atoms with Crippen LogP contribution < -0.4 is 5.32 Å². The molecule has 0 amide bonds. The van der Waals surface area contributed by atoms with Crippen LogP contribution in [-0.4, -0.2) is 13.6 Å². The summed E-state index contributed by atoms with van der Waals surface area (Å²) in [5, 5.41) is 3.15. The third-order valence-electron chi connectivity index (χ3n) is 2.47. The van der Waals surface area contributed by atoms with Crippen LogP contribution in [0.4, 0.5) is 0 Å². The summed E-state index contributed by atoms with van der Waals surface area (Å²) in [5.74, 6) is 0. The first-order chi connectivity index (χ1) is 6.43. The highest BCUT2D eigenvalue weighted by atomic mass is 14.8. The van der Waals surface area contributed by atoms with Crippen molar-refractivity contribution in [3.8, 4) is 0 Å².